The Morgan fingerprint density at radius 2 is 2.44 bits per heavy atom. The predicted octanol–water partition coefficient (Wildman–Crippen LogP) is -0.0567. The van der Waals surface area contributed by atoms with E-state index in [1.54, 1.807) is 13.0 Å². The van der Waals surface area contributed by atoms with Gasteiger partial charge >= 0.3 is 0 Å². The van der Waals surface area contributed by atoms with Gasteiger partial charge in [-0.15, -0.1) is 5.10 Å². The van der Waals surface area contributed by atoms with E-state index in [9.17, 15) is 0 Å². The maximum Gasteiger partial charge on any atom is 0.172 e. The van der Waals surface area contributed by atoms with E-state index in [0.717, 1.165) is 0 Å². The Bertz CT molecular complexity index is 225. The van der Waals surface area contributed by atoms with Gasteiger partial charge in [-0.3, -0.25) is 0 Å². The molecule has 1 rings (SSSR count). The molecule has 0 radical (unpaired) electrons. The fourth-order valence-corrected chi connectivity index (χ4v) is 0.586. The summed E-state index contributed by atoms with van der Waals surface area (Å²) in [6.45, 7) is 5.28. The molecule has 4 heteroatoms. The first-order chi connectivity index (χ1) is 4.24. The van der Waals surface area contributed by atoms with Gasteiger partial charge < -0.3 is 5.84 Å². The first-order valence-electron chi connectivity index (χ1n) is 2.55. The summed E-state index contributed by atoms with van der Waals surface area (Å²) < 4.78 is 0. The van der Waals surface area contributed by atoms with Gasteiger partial charge in [-0.2, -0.15) is 4.79 Å². The van der Waals surface area contributed by atoms with E-state index in [1.807, 2.05) is 0 Å². The van der Waals surface area contributed by atoms with Gasteiger partial charge in [0.1, 0.15) is 5.82 Å². The van der Waals surface area contributed by atoms with Crippen LogP contribution in [-0.2, 0) is 0 Å². The van der Waals surface area contributed by atoms with Gasteiger partial charge in [-0.05, 0) is 13.0 Å². The molecule has 1 aromatic heterocycles. The van der Waals surface area contributed by atoms with E-state index in [2.05, 4.69) is 16.7 Å². The van der Waals surface area contributed by atoms with Crippen molar-refractivity contribution >= 4 is 6.08 Å². The first kappa shape index (κ1) is 5.81. The van der Waals surface area contributed by atoms with Crippen molar-refractivity contribution in [2.45, 2.75) is 6.92 Å². The van der Waals surface area contributed by atoms with Crippen molar-refractivity contribution < 1.29 is 0 Å². The van der Waals surface area contributed by atoms with Crippen LogP contribution in [0.1, 0.15) is 11.6 Å². The summed E-state index contributed by atoms with van der Waals surface area (Å²) in [5.74, 6) is 6.57. The van der Waals surface area contributed by atoms with Gasteiger partial charge in [0.25, 0.3) is 0 Å². The summed E-state index contributed by atoms with van der Waals surface area (Å²) in [6.07, 6.45) is 1.56. The molecule has 48 valence electrons. The molecule has 0 aromatic carbocycles. The fraction of sp³-hybridized carbons (Fsp3) is 0.200. The van der Waals surface area contributed by atoms with Gasteiger partial charge in [-0.25, -0.2) is 4.98 Å². The largest absolute Gasteiger partial charge is 0.321 e. The van der Waals surface area contributed by atoms with Crippen LogP contribution < -0.4 is 5.84 Å². The van der Waals surface area contributed by atoms with E-state index in [1.165, 1.54) is 4.79 Å². The normalized spacial score (nSPS) is 9.44. The van der Waals surface area contributed by atoms with Gasteiger partial charge in [0.15, 0.2) is 5.82 Å². The van der Waals surface area contributed by atoms with Crippen molar-refractivity contribution in [3.05, 3.63) is 18.2 Å². The minimum absolute atomic E-state index is 0.590. The minimum atomic E-state index is 0.590. The summed E-state index contributed by atoms with van der Waals surface area (Å²) >= 11 is 0. The number of aromatic nitrogens is 3. The van der Waals surface area contributed by atoms with Gasteiger partial charge in [0, 0.05) is 0 Å². The maximum atomic E-state index is 5.32. The molecule has 0 aliphatic heterocycles. The molecule has 0 saturated carbocycles. The third-order valence-corrected chi connectivity index (χ3v) is 0.946. The van der Waals surface area contributed by atoms with Crippen molar-refractivity contribution in [1.82, 2.24) is 14.9 Å². The van der Waals surface area contributed by atoms with Gasteiger partial charge in [0.2, 0.25) is 0 Å². The van der Waals surface area contributed by atoms with Crippen molar-refractivity contribution in [2.24, 2.45) is 0 Å². The standard InChI is InChI=1S/C5H8N4/c1-3-5-7-4(2)8-9(5)6/h3H,1,6H2,2H3. The number of rotatable bonds is 1. The Labute approximate surface area is 53.0 Å². The van der Waals surface area contributed by atoms with E-state index < -0.39 is 0 Å². The van der Waals surface area contributed by atoms with Crippen molar-refractivity contribution in [1.29, 1.82) is 0 Å². The van der Waals surface area contributed by atoms with Crippen LogP contribution in [0, 0.1) is 6.92 Å². The van der Waals surface area contributed by atoms with Crippen molar-refractivity contribution in [2.75, 3.05) is 5.84 Å². The lowest BCUT2D eigenvalue weighted by Crippen LogP contribution is -2.11. The highest BCUT2D eigenvalue weighted by Gasteiger charge is 1.96. The molecular weight excluding hydrogens is 116 g/mol. The van der Waals surface area contributed by atoms with Gasteiger partial charge in [-0.1, -0.05) is 6.58 Å². The number of aryl methyl sites for hydroxylation is 1. The lowest BCUT2D eigenvalue weighted by atomic mass is 10.6. The average molecular weight is 124 g/mol. The number of nitrogen functional groups attached to an aromatic ring is 1. The second-order valence-electron chi connectivity index (χ2n) is 1.67. The SMILES string of the molecule is C=Cc1nc(C)nn1N. The Morgan fingerprint density at radius 1 is 1.78 bits per heavy atom. The molecule has 1 aromatic rings. The highest BCUT2D eigenvalue weighted by Crippen LogP contribution is 1.92. The third kappa shape index (κ3) is 0.910. The minimum Gasteiger partial charge on any atom is -0.321 e. The summed E-state index contributed by atoms with van der Waals surface area (Å²) in [6, 6.07) is 0. The molecule has 9 heavy (non-hydrogen) atoms. The Morgan fingerprint density at radius 3 is 2.67 bits per heavy atom. The summed E-state index contributed by atoms with van der Waals surface area (Å²) in [7, 11) is 0. The molecule has 0 amide bonds. The second kappa shape index (κ2) is 1.89. The zero-order valence-corrected chi connectivity index (χ0v) is 5.20. The number of hydrogen-bond donors (Lipinski definition) is 1. The number of nitrogens with zero attached hydrogens (tertiary/aromatic N) is 3. The van der Waals surface area contributed by atoms with E-state index in [0.29, 0.717) is 11.6 Å². The van der Waals surface area contributed by atoms with Crippen LogP contribution in [0.2, 0.25) is 0 Å². The lowest BCUT2D eigenvalue weighted by Gasteiger charge is -1.87. The molecule has 0 fully saturated rings. The van der Waals surface area contributed by atoms with Crippen molar-refractivity contribution in [3.63, 3.8) is 0 Å². The maximum absolute atomic E-state index is 5.32. The van der Waals surface area contributed by atoms with Crippen LogP contribution in [0.15, 0.2) is 6.58 Å². The quantitative estimate of drug-likeness (QED) is 0.534. The van der Waals surface area contributed by atoms with Crippen LogP contribution in [0.4, 0.5) is 0 Å². The lowest BCUT2D eigenvalue weighted by molar-refractivity contribution is 0.809. The highest BCUT2D eigenvalue weighted by atomic mass is 15.5. The van der Waals surface area contributed by atoms with E-state index in [-0.39, 0.29) is 0 Å². The smallest absolute Gasteiger partial charge is 0.172 e. The second-order valence-corrected chi connectivity index (χ2v) is 1.67. The Balaban J connectivity index is 3.15. The van der Waals surface area contributed by atoms with Crippen LogP contribution in [0.5, 0.6) is 0 Å². The zero-order chi connectivity index (χ0) is 6.85. The summed E-state index contributed by atoms with van der Waals surface area (Å²) in [5.41, 5.74) is 0. The molecule has 0 aliphatic rings. The monoisotopic (exact) mass is 124 g/mol. The molecule has 0 bridgehead atoms. The zero-order valence-electron chi connectivity index (χ0n) is 5.20. The molecule has 0 spiro atoms. The molecule has 0 saturated heterocycles. The summed E-state index contributed by atoms with van der Waals surface area (Å²) in [5, 5.41) is 3.79. The van der Waals surface area contributed by atoms with Crippen LogP contribution >= 0.6 is 0 Å². The van der Waals surface area contributed by atoms with Crippen LogP contribution in [0.25, 0.3) is 6.08 Å². The topological polar surface area (TPSA) is 56.7 Å². The van der Waals surface area contributed by atoms with Crippen LogP contribution in [0.3, 0.4) is 0 Å². The van der Waals surface area contributed by atoms with Crippen molar-refractivity contribution in [3.8, 4) is 0 Å². The fourth-order valence-electron chi connectivity index (χ4n) is 0.586. The average Bonchev–Trinajstić information content (AvgIpc) is 2.10. The number of hydrogen-bond acceptors (Lipinski definition) is 3. The highest BCUT2D eigenvalue weighted by molar-refractivity contribution is 5.35. The first-order valence-corrected chi connectivity index (χ1v) is 2.55. The molecular formula is C5H8N4. The predicted molar refractivity (Wildman–Crippen MR) is 35.0 cm³/mol. The molecule has 4 nitrogen and oxygen atoms in total. The molecule has 0 unspecified atom stereocenters. The van der Waals surface area contributed by atoms with Crippen LogP contribution in [-0.4, -0.2) is 14.9 Å². The third-order valence-electron chi connectivity index (χ3n) is 0.946. The summed E-state index contributed by atoms with van der Waals surface area (Å²) in [4.78, 5) is 5.13. The number of nitrogens with two attached hydrogens (primary N) is 1. The Hall–Kier alpha value is -1.32. The van der Waals surface area contributed by atoms with E-state index in [4.69, 9.17) is 5.84 Å². The Kier molecular flexibility index (Phi) is 1.22. The molecule has 0 aliphatic carbocycles. The molecule has 2 N–H and O–H groups in total. The van der Waals surface area contributed by atoms with Gasteiger partial charge in [0.05, 0.1) is 0 Å². The molecule has 0 atom stereocenters. The van der Waals surface area contributed by atoms with E-state index >= 15 is 0 Å². The molecule has 1 heterocycles.